The molecule has 5 nitrogen and oxygen atoms in total. The number of primary amides is 1. The zero-order valence-electron chi connectivity index (χ0n) is 16.9. The van der Waals surface area contributed by atoms with Gasteiger partial charge in [-0.1, -0.05) is 42.5 Å². The molecule has 0 radical (unpaired) electrons. The number of amides is 1. The van der Waals surface area contributed by atoms with Crippen molar-refractivity contribution in [2.24, 2.45) is 11.5 Å². The molecule has 0 aromatic heterocycles. The Morgan fingerprint density at radius 1 is 0.968 bits per heavy atom. The molecule has 6 heteroatoms. The zero-order valence-corrected chi connectivity index (χ0v) is 16.9. The van der Waals surface area contributed by atoms with E-state index in [9.17, 15) is 14.0 Å². The van der Waals surface area contributed by atoms with Crippen LogP contribution in [0.25, 0.3) is 11.1 Å². The number of hydrogen-bond acceptors (Lipinski definition) is 4. The van der Waals surface area contributed by atoms with E-state index in [0.717, 1.165) is 27.8 Å². The van der Waals surface area contributed by atoms with Crippen LogP contribution in [0, 0.1) is 5.82 Å². The third kappa shape index (κ3) is 4.34. The normalized spacial score (nSPS) is 17.6. The van der Waals surface area contributed by atoms with Gasteiger partial charge in [0.05, 0.1) is 11.5 Å². The molecular weight excluding hydrogens is 395 g/mol. The van der Waals surface area contributed by atoms with Crippen LogP contribution in [0.4, 0.5) is 4.39 Å². The summed E-state index contributed by atoms with van der Waals surface area (Å²) in [5.74, 6) is -2.03. The molecule has 0 fully saturated rings. The molecule has 158 valence electrons. The number of fused-ring (bicyclic) bond motifs is 1. The Kier molecular flexibility index (Phi) is 5.82. The third-order valence-corrected chi connectivity index (χ3v) is 5.71. The summed E-state index contributed by atoms with van der Waals surface area (Å²) in [5.41, 5.74) is 16.2. The molecule has 2 unspecified atom stereocenters. The molecule has 1 amide bonds. The first kappa shape index (κ1) is 20.8. The lowest BCUT2D eigenvalue weighted by molar-refractivity contribution is -0.122. The number of esters is 1. The summed E-state index contributed by atoms with van der Waals surface area (Å²) in [6.07, 6.45) is 0.556. The minimum Gasteiger partial charge on any atom is -0.458 e. The maximum Gasteiger partial charge on any atom is 0.338 e. The number of rotatable bonds is 5. The van der Waals surface area contributed by atoms with Gasteiger partial charge in [-0.3, -0.25) is 4.79 Å². The van der Waals surface area contributed by atoms with Crippen molar-refractivity contribution in [1.29, 1.82) is 0 Å². The first-order valence-corrected chi connectivity index (χ1v) is 10.1. The molecule has 0 saturated carbocycles. The number of carbonyl (C=O) groups is 2. The molecule has 1 aliphatic carbocycles. The SMILES string of the molecule is NCc1ccc2c(c1)CCC(OC(=O)c1ccc(-c3ccc(F)cc3)cc1)C2C(N)=O. The van der Waals surface area contributed by atoms with Gasteiger partial charge in [-0.2, -0.15) is 0 Å². The lowest BCUT2D eigenvalue weighted by Crippen LogP contribution is -2.38. The van der Waals surface area contributed by atoms with Crippen molar-refractivity contribution in [1.82, 2.24) is 0 Å². The monoisotopic (exact) mass is 418 g/mol. The van der Waals surface area contributed by atoms with Crippen molar-refractivity contribution in [2.45, 2.75) is 31.4 Å². The number of carbonyl (C=O) groups excluding carboxylic acids is 2. The van der Waals surface area contributed by atoms with E-state index in [-0.39, 0.29) is 5.82 Å². The Morgan fingerprint density at radius 3 is 2.23 bits per heavy atom. The van der Waals surface area contributed by atoms with Crippen LogP contribution in [0.1, 0.15) is 39.4 Å². The molecular formula is C25H23FN2O3. The average Bonchev–Trinajstić information content (AvgIpc) is 2.79. The first-order chi connectivity index (χ1) is 15.0. The highest BCUT2D eigenvalue weighted by atomic mass is 19.1. The minimum absolute atomic E-state index is 0.304. The molecule has 0 saturated heterocycles. The van der Waals surface area contributed by atoms with Crippen LogP contribution in [0.5, 0.6) is 0 Å². The van der Waals surface area contributed by atoms with Crippen LogP contribution < -0.4 is 11.5 Å². The molecule has 2 atom stereocenters. The van der Waals surface area contributed by atoms with Gasteiger partial charge in [-0.15, -0.1) is 0 Å². The lowest BCUT2D eigenvalue weighted by Gasteiger charge is -2.31. The highest BCUT2D eigenvalue weighted by Crippen LogP contribution is 2.35. The van der Waals surface area contributed by atoms with Crippen molar-refractivity contribution in [2.75, 3.05) is 0 Å². The largest absolute Gasteiger partial charge is 0.458 e. The summed E-state index contributed by atoms with van der Waals surface area (Å²) in [4.78, 5) is 25.0. The van der Waals surface area contributed by atoms with E-state index in [2.05, 4.69) is 0 Å². The minimum atomic E-state index is -0.696. The van der Waals surface area contributed by atoms with Gasteiger partial charge in [-0.05, 0) is 64.9 Å². The van der Waals surface area contributed by atoms with Gasteiger partial charge in [0.1, 0.15) is 11.9 Å². The maximum atomic E-state index is 13.1. The highest BCUT2D eigenvalue weighted by molar-refractivity contribution is 5.91. The van der Waals surface area contributed by atoms with Crippen LogP contribution in [-0.2, 0) is 22.5 Å². The third-order valence-electron chi connectivity index (χ3n) is 5.71. The van der Waals surface area contributed by atoms with Gasteiger partial charge in [0.15, 0.2) is 0 Å². The van der Waals surface area contributed by atoms with E-state index < -0.39 is 23.9 Å². The number of nitrogens with two attached hydrogens (primary N) is 2. The molecule has 1 aliphatic rings. The second kappa shape index (κ2) is 8.70. The fraction of sp³-hybridized carbons (Fsp3) is 0.200. The molecule has 0 heterocycles. The molecule has 0 spiro atoms. The van der Waals surface area contributed by atoms with Crippen molar-refractivity contribution >= 4 is 11.9 Å². The molecule has 31 heavy (non-hydrogen) atoms. The first-order valence-electron chi connectivity index (χ1n) is 10.1. The number of ether oxygens (including phenoxy) is 1. The fourth-order valence-corrected chi connectivity index (χ4v) is 4.08. The Hall–Kier alpha value is -3.51. The topological polar surface area (TPSA) is 95.4 Å². The predicted octanol–water partition coefficient (Wildman–Crippen LogP) is 3.69. The molecule has 4 N–H and O–H groups in total. The maximum absolute atomic E-state index is 13.1. The van der Waals surface area contributed by atoms with Gasteiger partial charge < -0.3 is 16.2 Å². The Balaban J connectivity index is 1.52. The van der Waals surface area contributed by atoms with Gasteiger partial charge in [0, 0.05) is 6.54 Å². The summed E-state index contributed by atoms with van der Waals surface area (Å²) < 4.78 is 18.8. The Labute approximate surface area is 179 Å². The summed E-state index contributed by atoms with van der Waals surface area (Å²) in [6.45, 7) is 0.418. The smallest absolute Gasteiger partial charge is 0.338 e. The van der Waals surface area contributed by atoms with Crippen molar-refractivity contribution < 1.29 is 18.7 Å². The average molecular weight is 418 g/mol. The standard InChI is InChI=1S/C25H23FN2O3/c26-20-9-6-17(7-10-20)16-2-4-18(5-3-16)25(30)31-22-12-8-19-13-15(14-27)1-11-21(19)23(22)24(28)29/h1-7,9-11,13,22-23H,8,12,14,27H2,(H2,28,29). The fourth-order valence-electron chi connectivity index (χ4n) is 4.08. The van der Waals surface area contributed by atoms with E-state index in [0.29, 0.717) is 24.9 Å². The van der Waals surface area contributed by atoms with Crippen LogP contribution in [-0.4, -0.2) is 18.0 Å². The quantitative estimate of drug-likeness (QED) is 0.618. The summed E-state index contributed by atoms with van der Waals surface area (Å²) >= 11 is 0. The molecule has 3 aromatic carbocycles. The van der Waals surface area contributed by atoms with E-state index in [1.54, 1.807) is 36.4 Å². The van der Waals surface area contributed by atoms with Crippen LogP contribution >= 0.6 is 0 Å². The second-order valence-electron chi connectivity index (χ2n) is 7.68. The van der Waals surface area contributed by atoms with Crippen molar-refractivity contribution in [3.63, 3.8) is 0 Å². The number of hydrogen-bond donors (Lipinski definition) is 2. The molecule has 0 bridgehead atoms. The van der Waals surface area contributed by atoms with Gasteiger partial charge in [0.2, 0.25) is 5.91 Å². The zero-order chi connectivity index (χ0) is 22.0. The van der Waals surface area contributed by atoms with Gasteiger partial charge >= 0.3 is 5.97 Å². The molecule has 4 rings (SSSR count). The second-order valence-corrected chi connectivity index (χ2v) is 7.68. The van der Waals surface area contributed by atoms with E-state index >= 15 is 0 Å². The predicted molar refractivity (Wildman–Crippen MR) is 116 cm³/mol. The van der Waals surface area contributed by atoms with E-state index in [1.165, 1.54) is 12.1 Å². The molecule has 3 aromatic rings. The summed E-state index contributed by atoms with van der Waals surface area (Å²) in [5, 5.41) is 0. The van der Waals surface area contributed by atoms with Crippen molar-refractivity contribution in [3.05, 3.63) is 94.8 Å². The number of aryl methyl sites for hydroxylation is 1. The van der Waals surface area contributed by atoms with Crippen LogP contribution in [0.3, 0.4) is 0 Å². The van der Waals surface area contributed by atoms with E-state index in [4.69, 9.17) is 16.2 Å². The Morgan fingerprint density at radius 2 is 1.61 bits per heavy atom. The number of halogens is 1. The highest BCUT2D eigenvalue weighted by Gasteiger charge is 2.36. The van der Waals surface area contributed by atoms with E-state index in [1.807, 2.05) is 18.2 Å². The van der Waals surface area contributed by atoms with Gasteiger partial charge in [-0.25, -0.2) is 9.18 Å². The van der Waals surface area contributed by atoms with Gasteiger partial charge in [0.25, 0.3) is 0 Å². The van der Waals surface area contributed by atoms with Crippen LogP contribution in [0.2, 0.25) is 0 Å². The lowest BCUT2D eigenvalue weighted by atomic mass is 9.79. The van der Waals surface area contributed by atoms with Crippen LogP contribution in [0.15, 0.2) is 66.7 Å². The number of benzene rings is 3. The Bertz CT molecular complexity index is 1110. The van der Waals surface area contributed by atoms with Crippen molar-refractivity contribution in [3.8, 4) is 11.1 Å². The summed E-state index contributed by atoms with van der Waals surface area (Å²) in [6, 6.07) is 18.7. The molecule has 0 aliphatic heterocycles. The summed E-state index contributed by atoms with van der Waals surface area (Å²) in [7, 11) is 0.